The van der Waals surface area contributed by atoms with Crippen molar-refractivity contribution in [1.82, 2.24) is 4.57 Å². The van der Waals surface area contributed by atoms with Crippen LogP contribution < -0.4 is 10.3 Å². The number of aldehydes is 1. The fourth-order valence-corrected chi connectivity index (χ4v) is 3.77. The highest BCUT2D eigenvalue weighted by atomic mass is 35.5. The third-order valence-electron chi connectivity index (χ3n) is 5.46. The van der Waals surface area contributed by atoms with E-state index in [1.807, 2.05) is 25.1 Å². The summed E-state index contributed by atoms with van der Waals surface area (Å²) in [4.78, 5) is 24.5. The van der Waals surface area contributed by atoms with E-state index in [0.717, 1.165) is 35.8 Å². The summed E-state index contributed by atoms with van der Waals surface area (Å²) in [5, 5.41) is 0.613. The predicted octanol–water partition coefficient (Wildman–Crippen LogP) is 4.29. The largest absolute Gasteiger partial charge is 0.491 e. The number of hydrogen-bond acceptors (Lipinski definition) is 4. The maximum atomic E-state index is 12.8. The highest BCUT2D eigenvalue weighted by molar-refractivity contribution is 6.30. The lowest BCUT2D eigenvalue weighted by atomic mass is 9.90. The number of carbonyl (C=O) groups excluding carboxylic acids is 1. The molecule has 0 saturated heterocycles. The molecule has 3 rings (SSSR count). The molecule has 1 aliphatic heterocycles. The number of ether oxygens (including phenoxy) is 2. The highest BCUT2D eigenvalue weighted by Gasteiger charge is 2.23. The molecule has 0 radical (unpaired) electrons. The molecule has 2 aromatic rings. The number of benzene rings is 1. The van der Waals surface area contributed by atoms with Gasteiger partial charge in [0.2, 0.25) is 0 Å². The molecule has 3 unspecified atom stereocenters. The van der Waals surface area contributed by atoms with E-state index in [4.69, 9.17) is 21.1 Å². The Morgan fingerprint density at radius 3 is 2.82 bits per heavy atom. The Morgan fingerprint density at radius 1 is 1.36 bits per heavy atom. The van der Waals surface area contributed by atoms with Crippen LogP contribution in [0.15, 0.2) is 35.3 Å². The third kappa shape index (κ3) is 4.31. The summed E-state index contributed by atoms with van der Waals surface area (Å²) >= 11 is 6.24. The van der Waals surface area contributed by atoms with Crippen LogP contribution in [0.3, 0.4) is 0 Å². The zero-order valence-corrected chi connectivity index (χ0v) is 17.2. The van der Waals surface area contributed by atoms with E-state index in [-0.39, 0.29) is 11.7 Å². The normalized spacial score (nSPS) is 18.1. The van der Waals surface area contributed by atoms with E-state index in [1.54, 1.807) is 19.4 Å². The molecule has 0 fully saturated rings. The molecule has 0 aliphatic carbocycles. The number of rotatable bonds is 6. The van der Waals surface area contributed by atoms with Gasteiger partial charge in [0.1, 0.15) is 12.0 Å². The highest BCUT2D eigenvalue weighted by Crippen LogP contribution is 2.37. The van der Waals surface area contributed by atoms with Crippen LogP contribution >= 0.6 is 11.6 Å². The Bertz CT molecular complexity index is 908. The summed E-state index contributed by atoms with van der Waals surface area (Å²) in [6.07, 6.45) is 4.56. The Balaban J connectivity index is 2.12. The summed E-state index contributed by atoms with van der Waals surface area (Å²) in [5.41, 5.74) is 2.54. The minimum atomic E-state index is -0.609. The molecular formula is C22H26ClNO4. The van der Waals surface area contributed by atoms with E-state index in [0.29, 0.717) is 29.7 Å². The van der Waals surface area contributed by atoms with Crippen LogP contribution in [0.2, 0.25) is 5.02 Å². The Labute approximate surface area is 170 Å². The number of fused-ring (bicyclic) bond motifs is 3. The molecule has 0 bridgehead atoms. The lowest BCUT2D eigenvalue weighted by molar-refractivity contribution is -0.111. The number of hydrogen-bond donors (Lipinski definition) is 0. The molecule has 150 valence electrons. The molecule has 28 heavy (non-hydrogen) atoms. The van der Waals surface area contributed by atoms with Gasteiger partial charge in [-0.05, 0) is 48.9 Å². The van der Waals surface area contributed by atoms with E-state index < -0.39 is 6.04 Å². The van der Waals surface area contributed by atoms with Crippen LogP contribution in [-0.2, 0) is 16.0 Å². The topological polar surface area (TPSA) is 57.5 Å². The van der Waals surface area contributed by atoms with E-state index in [2.05, 4.69) is 6.92 Å². The van der Waals surface area contributed by atoms with E-state index in [1.165, 1.54) is 4.57 Å². The van der Waals surface area contributed by atoms with E-state index in [9.17, 15) is 9.59 Å². The SMILES string of the molecule is CCC1COc2cn(C(C=O)CC(C)OC)c(=O)cc2-c2cc(Cl)ccc2C1. The van der Waals surface area contributed by atoms with Crippen LogP contribution in [0.5, 0.6) is 5.75 Å². The van der Waals surface area contributed by atoms with Gasteiger partial charge in [-0.3, -0.25) is 4.79 Å². The molecule has 0 spiro atoms. The smallest absolute Gasteiger partial charge is 0.252 e. The van der Waals surface area contributed by atoms with Crippen LogP contribution in [0.1, 0.15) is 38.3 Å². The zero-order valence-electron chi connectivity index (χ0n) is 16.5. The van der Waals surface area contributed by atoms with Crippen LogP contribution in [-0.4, -0.2) is 30.7 Å². The predicted molar refractivity (Wildman–Crippen MR) is 110 cm³/mol. The Kier molecular flexibility index (Phi) is 6.57. The van der Waals surface area contributed by atoms with Gasteiger partial charge in [0, 0.05) is 30.2 Å². The molecule has 3 atom stereocenters. The lowest BCUT2D eigenvalue weighted by Gasteiger charge is -2.25. The summed E-state index contributed by atoms with van der Waals surface area (Å²) in [6, 6.07) is 6.72. The first-order valence-corrected chi connectivity index (χ1v) is 10.0. The maximum absolute atomic E-state index is 12.8. The second-order valence-corrected chi connectivity index (χ2v) is 7.81. The first-order valence-electron chi connectivity index (χ1n) is 9.62. The number of pyridine rings is 1. The second kappa shape index (κ2) is 8.93. The maximum Gasteiger partial charge on any atom is 0.252 e. The molecule has 0 saturated carbocycles. The summed E-state index contributed by atoms with van der Waals surface area (Å²) in [6.45, 7) is 4.57. The quantitative estimate of drug-likeness (QED) is 0.675. The van der Waals surface area contributed by atoms with Gasteiger partial charge in [0.15, 0.2) is 0 Å². The molecular weight excluding hydrogens is 378 g/mol. The number of halogens is 1. The number of nitrogens with zero attached hydrogens (tertiary/aromatic N) is 1. The van der Waals surface area contributed by atoms with Crippen molar-refractivity contribution in [3.8, 4) is 16.9 Å². The molecule has 2 heterocycles. The fraction of sp³-hybridized carbons (Fsp3) is 0.455. The zero-order chi connectivity index (χ0) is 20.3. The van der Waals surface area contributed by atoms with Gasteiger partial charge < -0.3 is 18.8 Å². The van der Waals surface area contributed by atoms with Crippen molar-refractivity contribution in [2.75, 3.05) is 13.7 Å². The lowest BCUT2D eigenvalue weighted by Crippen LogP contribution is -2.28. The molecule has 1 aromatic carbocycles. The van der Waals surface area contributed by atoms with Crippen molar-refractivity contribution in [2.24, 2.45) is 5.92 Å². The van der Waals surface area contributed by atoms with Gasteiger partial charge in [0.25, 0.3) is 5.56 Å². The van der Waals surface area contributed by atoms with Gasteiger partial charge in [-0.1, -0.05) is 24.6 Å². The van der Waals surface area contributed by atoms with Crippen molar-refractivity contribution in [3.05, 3.63) is 51.4 Å². The van der Waals surface area contributed by atoms with Crippen LogP contribution in [0.25, 0.3) is 11.1 Å². The summed E-state index contributed by atoms with van der Waals surface area (Å²) in [5.74, 6) is 0.960. The first-order chi connectivity index (χ1) is 13.5. The van der Waals surface area contributed by atoms with E-state index >= 15 is 0 Å². The molecule has 5 nitrogen and oxygen atoms in total. The van der Waals surface area contributed by atoms with Crippen molar-refractivity contribution in [2.45, 2.75) is 45.3 Å². The summed E-state index contributed by atoms with van der Waals surface area (Å²) in [7, 11) is 1.59. The van der Waals surface area contributed by atoms with Gasteiger partial charge in [-0.15, -0.1) is 0 Å². The molecule has 0 amide bonds. The van der Waals surface area contributed by atoms with Crippen LogP contribution in [0.4, 0.5) is 0 Å². The van der Waals surface area contributed by atoms with Crippen molar-refractivity contribution in [3.63, 3.8) is 0 Å². The van der Waals surface area contributed by atoms with Gasteiger partial charge in [0.05, 0.1) is 24.9 Å². The standard InChI is InChI=1S/C22H26ClNO4/c1-4-15-8-16-5-6-17(23)9-19(16)20-10-22(26)24(11-21(20)28-13-15)18(12-25)7-14(2)27-3/h5-6,9-12,14-15,18H,4,7-8,13H2,1-3H3. The minimum absolute atomic E-state index is 0.144. The van der Waals surface area contributed by atoms with Crippen molar-refractivity contribution >= 4 is 17.9 Å². The van der Waals surface area contributed by atoms with Gasteiger partial charge in [-0.25, -0.2) is 0 Å². The molecule has 6 heteroatoms. The first kappa shape index (κ1) is 20.6. The Morgan fingerprint density at radius 2 is 2.14 bits per heavy atom. The van der Waals surface area contributed by atoms with Crippen LogP contribution in [0, 0.1) is 5.92 Å². The molecule has 0 N–H and O–H groups in total. The van der Waals surface area contributed by atoms with Crippen molar-refractivity contribution in [1.29, 1.82) is 0 Å². The summed E-state index contributed by atoms with van der Waals surface area (Å²) < 4.78 is 12.8. The van der Waals surface area contributed by atoms with Gasteiger partial charge in [-0.2, -0.15) is 0 Å². The second-order valence-electron chi connectivity index (χ2n) is 7.37. The minimum Gasteiger partial charge on any atom is -0.491 e. The monoisotopic (exact) mass is 403 g/mol. The number of methoxy groups -OCH3 is 1. The average molecular weight is 404 g/mol. The number of carbonyl (C=O) groups is 1. The fourth-order valence-electron chi connectivity index (χ4n) is 3.60. The average Bonchev–Trinajstić information content (AvgIpc) is 2.69. The van der Waals surface area contributed by atoms with Crippen molar-refractivity contribution < 1.29 is 14.3 Å². The molecule has 1 aromatic heterocycles. The third-order valence-corrected chi connectivity index (χ3v) is 5.69. The Hall–Kier alpha value is -2.11. The number of aromatic nitrogens is 1. The molecule has 1 aliphatic rings. The van der Waals surface area contributed by atoms with Gasteiger partial charge >= 0.3 is 0 Å².